The molecule has 15 heteroatoms. The van der Waals surface area contributed by atoms with Gasteiger partial charge in [-0.25, -0.2) is 19.2 Å². The molecule has 5 N–H and O–H groups in total. The number of likely N-dealkylation sites (tertiary alicyclic amines) is 1. The van der Waals surface area contributed by atoms with Gasteiger partial charge in [-0.15, -0.1) is 0 Å². The van der Waals surface area contributed by atoms with Gasteiger partial charge in [0, 0.05) is 24.2 Å². The SMILES string of the molecule is C[C@@H]1CC(=O)N1[C@@H](C(=O)O)[C@](C)(/C=N/NC(=O)c1ccc(OC(=O)c2ccc(O)c(O)c2Cl)cc1)S(=O)O. The summed E-state index contributed by atoms with van der Waals surface area (Å²) < 4.78 is 25.0. The van der Waals surface area contributed by atoms with Crippen LogP contribution < -0.4 is 10.2 Å². The first-order valence-corrected chi connectivity index (χ1v) is 12.3. The Morgan fingerprint density at radius 3 is 2.39 bits per heavy atom. The highest BCUT2D eigenvalue weighted by molar-refractivity contribution is 7.81. The molecule has 1 unspecified atom stereocenters. The number of β-lactam (4-membered cyclic amide) rings is 1. The second-order valence-electron chi connectivity index (χ2n) is 8.44. The summed E-state index contributed by atoms with van der Waals surface area (Å²) in [6.45, 7) is 2.72. The third-order valence-electron chi connectivity index (χ3n) is 5.79. The van der Waals surface area contributed by atoms with Crippen LogP contribution in [0, 0.1) is 0 Å². The average Bonchev–Trinajstić information content (AvgIpc) is 2.85. The van der Waals surface area contributed by atoms with Crippen LogP contribution >= 0.6 is 11.6 Å². The first-order chi connectivity index (χ1) is 17.8. The van der Waals surface area contributed by atoms with Gasteiger partial charge >= 0.3 is 11.9 Å². The van der Waals surface area contributed by atoms with Gasteiger partial charge in [-0.05, 0) is 50.2 Å². The summed E-state index contributed by atoms with van der Waals surface area (Å²) in [4.78, 5) is 49.6. The fourth-order valence-electron chi connectivity index (χ4n) is 3.67. The molecule has 0 radical (unpaired) electrons. The number of hydrogen-bond donors (Lipinski definition) is 5. The monoisotopic (exact) mass is 567 g/mol. The van der Waals surface area contributed by atoms with E-state index in [9.17, 15) is 43.3 Å². The van der Waals surface area contributed by atoms with Crippen LogP contribution in [0.4, 0.5) is 0 Å². The number of aliphatic carboxylic acids is 1. The molecule has 1 heterocycles. The van der Waals surface area contributed by atoms with Gasteiger partial charge < -0.3 is 29.5 Å². The lowest BCUT2D eigenvalue weighted by atomic mass is 9.92. The number of rotatable bonds is 9. The lowest BCUT2D eigenvalue weighted by molar-refractivity contribution is -0.161. The molecule has 2 aromatic rings. The van der Waals surface area contributed by atoms with Gasteiger partial charge in [0.15, 0.2) is 28.6 Å². The Morgan fingerprint density at radius 2 is 1.87 bits per heavy atom. The highest BCUT2D eigenvalue weighted by Gasteiger charge is 2.53. The van der Waals surface area contributed by atoms with E-state index in [2.05, 4.69) is 10.5 Å². The van der Waals surface area contributed by atoms with E-state index in [0.29, 0.717) is 0 Å². The summed E-state index contributed by atoms with van der Waals surface area (Å²) in [6, 6.07) is 5.13. The molecule has 2 amide bonds. The smallest absolute Gasteiger partial charge is 0.345 e. The van der Waals surface area contributed by atoms with Gasteiger partial charge in [-0.1, -0.05) is 11.6 Å². The van der Waals surface area contributed by atoms with Gasteiger partial charge in [0.05, 0.1) is 5.56 Å². The number of ether oxygens (including phenoxy) is 1. The lowest BCUT2D eigenvalue weighted by Gasteiger charge is -2.46. The quantitative estimate of drug-likeness (QED) is 0.0564. The Kier molecular flexibility index (Phi) is 8.39. The summed E-state index contributed by atoms with van der Waals surface area (Å²) in [6.07, 6.45) is 0.895. The zero-order valence-corrected chi connectivity index (χ0v) is 21.4. The molecule has 0 bridgehead atoms. The van der Waals surface area contributed by atoms with E-state index >= 15 is 0 Å². The number of halogens is 1. The minimum Gasteiger partial charge on any atom is -0.504 e. The number of nitrogens with one attached hydrogen (secondary N) is 1. The highest BCUT2D eigenvalue weighted by atomic mass is 35.5. The van der Waals surface area contributed by atoms with E-state index in [1.54, 1.807) is 6.92 Å². The maximum Gasteiger partial charge on any atom is 0.345 e. The molecule has 202 valence electrons. The largest absolute Gasteiger partial charge is 0.504 e. The van der Waals surface area contributed by atoms with Crippen molar-refractivity contribution in [1.82, 2.24) is 10.3 Å². The van der Waals surface area contributed by atoms with Gasteiger partial charge in [-0.2, -0.15) is 5.10 Å². The zero-order valence-electron chi connectivity index (χ0n) is 19.8. The number of carboxylic acid groups (broad SMARTS) is 1. The Hall–Kier alpha value is -4.01. The van der Waals surface area contributed by atoms with Crippen molar-refractivity contribution >= 4 is 52.6 Å². The van der Waals surface area contributed by atoms with Crippen molar-refractivity contribution < 1.29 is 48.0 Å². The molecule has 4 atom stereocenters. The summed E-state index contributed by atoms with van der Waals surface area (Å²) in [5, 5.41) is 32.0. The number of carbonyl (C=O) groups is 4. The number of aromatic hydroxyl groups is 2. The molecule has 38 heavy (non-hydrogen) atoms. The van der Waals surface area contributed by atoms with Crippen LogP contribution in [0.2, 0.25) is 5.02 Å². The Labute approximate surface area is 222 Å². The van der Waals surface area contributed by atoms with Crippen molar-refractivity contribution in [2.24, 2.45) is 5.10 Å². The molecule has 0 aromatic heterocycles. The van der Waals surface area contributed by atoms with Gasteiger partial charge in [0.25, 0.3) is 5.91 Å². The maximum absolute atomic E-state index is 12.5. The molecular formula is C23H22ClN3O10S. The molecule has 1 aliphatic heterocycles. The fourth-order valence-corrected chi connectivity index (χ4v) is 4.46. The molecular weight excluding hydrogens is 546 g/mol. The number of esters is 1. The van der Waals surface area contributed by atoms with E-state index in [0.717, 1.165) is 30.2 Å². The van der Waals surface area contributed by atoms with Crippen LogP contribution in [0.15, 0.2) is 41.5 Å². The van der Waals surface area contributed by atoms with Crippen LogP contribution in [-0.4, -0.2) is 75.8 Å². The van der Waals surface area contributed by atoms with E-state index in [-0.39, 0.29) is 23.3 Å². The van der Waals surface area contributed by atoms with Crippen molar-refractivity contribution in [2.45, 2.75) is 37.1 Å². The summed E-state index contributed by atoms with van der Waals surface area (Å²) >= 11 is 3.05. The highest BCUT2D eigenvalue weighted by Crippen LogP contribution is 2.36. The van der Waals surface area contributed by atoms with Gasteiger partial charge in [-0.3, -0.25) is 9.59 Å². The third-order valence-corrected chi connectivity index (χ3v) is 7.26. The molecule has 1 saturated heterocycles. The first kappa shape index (κ1) is 28.6. The van der Waals surface area contributed by atoms with Crippen LogP contribution in [-0.2, 0) is 20.7 Å². The van der Waals surface area contributed by atoms with Crippen LogP contribution in [0.1, 0.15) is 41.0 Å². The summed E-state index contributed by atoms with van der Waals surface area (Å²) in [7, 11) is 0. The molecule has 0 spiro atoms. The minimum absolute atomic E-state index is 0.0135. The number of carbonyl (C=O) groups excluding carboxylic acids is 3. The van der Waals surface area contributed by atoms with Gasteiger partial charge in [0.2, 0.25) is 5.91 Å². The van der Waals surface area contributed by atoms with Gasteiger partial charge in [0.1, 0.15) is 15.5 Å². The topological polar surface area (TPSA) is 203 Å². The van der Waals surface area contributed by atoms with Crippen LogP contribution in [0.25, 0.3) is 0 Å². The molecule has 13 nitrogen and oxygen atoms in total. The number of carboxylic acids is 1. The molecule has 0 aliphatic carbocycles. The maximum atomic E-state index is 12.5. The van der Waals surface area contributed by atoms with E-state index < -0.39 is 68.2 Å². The standard InChI is InChI=1S/C23H22ClN3O10S/c1-11-9-16(29)27(11)19(21(32)33)23(2,38(35)36)10-25-26-20(31)12-3-5-13(6-4-12)37-22(34)14-7-8-15(28)18(30)17(14)24/h3-8,10-11,19,28,30H,9H2,1-2H3,(H,26,31)(H,32,33)(H,35,36)/b25-10+/t11-,19+,23+/m1/s1. The Balaban J connectivity index is 1.70. The zero-order chi connectivity index (χ0) is 28.4. The first-order valence-electron chi connectivity index (χ1n) is 10.8. The van der Waals surface area contributed by atoms with E-state index in [4.69, 9.17) is 16.3 Å². The van der Waals surface area contributed by atoms with E-state index in [1.807, 2.05) is 0 Å². The fraction of sp³-hybridized carbons (Fsp3) is 0.261. The lowest BCUT2D eigenvalue weighted by Crippen LogP contribution is -2.67. The molecule has 1 fully saturated rings. The summed E-state index contributed by atoms with van der Waals surface area (Å²) in [5.74, 6) is -4.92. The predicted molar refractivity (Wildman–Crippen MR) is 134 cm³/mol. The van der Waals surface area contributed by atoms with Crippen molar-refractivity contribution in [3.05, 3.63) is 52.5 Å². The van der Waals surface area contributed by atoms with Crippen molar-refractivity contribution in [3.8, 4) is 17.2 Å². The number of hydrazone groups is 1. The second kappa shape index (κ2) is 11.2. The number of amides is 2. The third kappa shape index (κ3) is 5.61. The Bertz CT molecular complexity index is 1350. The molecule has 1 aliphatic rings. The van der Waals surface area contributed by atoms with Crippen molar-refractivity contribution in [1.29, 1.82) is 0 Å². The Morgan fingerprint density at radius 1 is 1.24 bits per heavy atom. The molecule has 3 rings (SSSR count). The van der Waals surface area contributed by atoms with Crippen LogP contribution in [0.3, 0.4) is 0 Å². The average molecular weight is 568 g/mol. The van der Waals surface area contributed by atoms with Crippen LogP contribution in [0.5, 0.6) is 17.2 Å². The number of nitrogens with zero attached hydrogens (tertiary/aromatic N) is 2. The molecule has 0 saturated carbocycles. The summed E-state index contributed by atoms with van der Waals surface area (Å²) in [5.41, 5.74) is 1.94. The second-order valence-corrected chi connectivity index (χ2v) is 10.2. The normalized spacial score (nSPS) is 18.3. The minimum atomic E-state index is -2.79. The van der Waals surface area contributed by atoms with Crippen molar-refractivity contribution in [3.63, 3.8) is 0 Å². The molecule has 2 aromatic carbocycles. The van der Waals surface area contributed by atoms with E-state index in [1.165, 1.54) is 24.3 Å². The number of hydrogen-bond acceptors (Lipinski definition) is 9. The predicted octanol–water partition coefficient (Wildman–Crippen LogP) is 1.74. The number of phenols is 2. The number of benzene rings is 2. The van der Waals surface area contributed by atoms with Crippen molar-refractivity contribution in [2.75, 3.05) is 0 Å². The number of phenolic OH excluding ortho intramolecular Hbond substituents is 2.